The highest BCUT2D eigenvalue weighted by atomic mass is 79.9. The Balaban J connectivity index is 2.26. The van der Waals surface area contributed by atoms with Gasteiger partial charge in [0.2, 0.25) is 0 Å². The van der Waals surface area contributed by atoms with E-state index in [-0.39, 0.29) is 11.9 Å². The van der Waals surface area contributed by atoms with Crippen LogP contribution in [0.25, 0.3) is 0 Å². The number of aryl methyl sites for hydroxylation is 1. The number of nitrogens with one attached hydrogen (secondary N) is 1. The van der Waals surface area contributed by atoms with E-state index in [1.807, 2.05) is 23.0 Å². The standard InChI is InChI=1S/C16H21BrFN3/c1-3-9-21-16(14(17)11-20-21)15(19-4-2)10-12-5-7-13(18)8-6-12/h5-8,11,15,19H,3-4,9-10H2,1-2H3. The fraction of sp³-hybridized carbons (Fsp3) is 0.438. The van der Waals surface area contributed by atoms with Crippen molar-refractivity contribution >= 4 is 15.9 Å². The summed E-state index contributed by atoms with van der Waals surface area (Å²) in [6.07, 6.45) is 3.69. The summed E-state index contributed by atoms with van der Waals surface area (Å²) in [6.45, 7) is 6.00. The zero-order valence-electron chi connectivity index (χ0n) is 12.4. The Bertz CT molecular complexity index is 565. The minimum Gasteiger partial charge on any atom is -0.309 e. The highest BCUT2D eigenvalue weighted by Crippen LogP contribution is 2.26. The summed E-state index contributed by atoms with van der Waals surface area (Å²) in [4.78, 5) is 0. The molecule has 0 bridgehead atoms. The van der Waals surface area contributed by atoms with Crippen molar-refractivity contribution in [3.63, 3.8) is 0 Å². The lowest BCUT2D eigenvalue weighted by molar-refractivity contribution is 0.476. The lowest BCUT2D eigenvalue weighted by Crippen LogP contribution is -2.26. The average Bonchev–Trinajstić information content (AvgIpc) is 2.82. The van der Waals surface area contributed by atoms with E-state index in [4.69, 9.17) is 0 Å². The van der Waals surface area contributed by atoms with Crippen LogP contribution in [0.15, 0.2) is 34.9 Å². The molecule has 0 saturated carbocycles. The van der Waals surface area contributed by atoms with Crippen LogP contribution in [0.4, 0.5) is 4.39 Å². The van der Waals surface area contributed by atoms with Crippen molar-refractivity contribution in [3.05, 3.63) is 52.0 Å². The molecule has 0 aliphatic heterocycles. The van der Waals surface area contributed by atoms with E-state index in [1.54, 1.807) is 0 Å². The van der Waals surface area contributed by atoms with Crippen molar-refractivity contribution in [3.8, 4) is 0 Å². The molecule has 0 amide bonds. The Morgan fingerprint density at radius 1 is 1.29 bits per heavy atom. The van der Waals surface area contributed by atoms with Gasteiger partial charge >= 0.3 is 0 Å². The first-order valence-electron chi connectivity index (χ1n) is 7.34. The molecule has 2 aromatic rings. The number of aromatic nitrogens is 2. The van der Waals surface area contributed by atoms with Crippen LogP contribution in [0, 0.1) is 5.82 Å². The molecule has 0 aliphatic rings. The predicted octanol–water partition coefficient (Wildman–Crippen LogP) is 4.09. The van der Waals surface area contributed by atoms with Gasteiger partial charge in [0.15, 0.2) is 0 Å². The second kappa shape index (κ2) is 7.71. The number of rotatable bonds is 7. The fourth-order valence-corrected chi connectivity index (χ4v) is 3.05. The summed E-state index contributed by atoms with van der Waals surface area (Å²) < 4.78 is 16.1. The van der Waals surface area contributed by atoms with Crippen molar-refractivity contribution in [1.82, 2.24) is 15.1 Å². The number of hydrogen-bond donors (Lipinski definition) is 1. The van der Waals surface area contributed by atoms with Gasteiger partial charge in [0, 0.05) is 6.54 Å². The zero-order chi connectivity index (χ0) is 15.2. The average molecular weight is 354 g/mol. The lowest BCUT2D eigenvalue weighted by atomic mass is 10.0. The molecular formula is C16H21BrFN3. The van der Waals surface area contributed by atoms with E-state index in [2.05, 4.69) is 40.2 Å². The van der Waals surface area contributed by atoms with Gasteiger partial charge in [-0.15, -0.1) is 0 Å². The van der Waals surface area contributed by atoms with Gasteiger partial charge in [0.25, 0.3) is 0 Å². The van der Waals surface area contributed by atoms with Crippen molar-refractivity contribution < 1.29 is 4.39 Å². The Kier molecular flexibility index (Phi) is 5.94. The third-order valence-corrected chi connectivity index (χ3v) is 4.01. The van der Waals surface area contributed by atoms with Gasteiger partial charge in [-0.05, 0) is 53.0 Å². The third kappa shape index (κ3) is 4.14. The van der Waals surface area contributed by atoms with Gasteiger partial charge in [-0.1, -0.05) is 26.0 Å². The van der Waals surface area contributed by atoms with E-state index in [1.165, 1.54) is 12.1 Å². The summed E-state index contributed by atoms with van der Waals surface area (Å²) in [5.74, 6) is -0.198. The van der Waals surface area contributed by atoms with Crippen molar-refractivity contribution in [2.45, 2.75) is 39.3 Å². The van der Waals surface area contributed by atoms with E-state index >= 15 is 0 Å². The minimum absolute atomic E-state index is 0.156. The monoisotopic (exact) mass is 353 g/mol. The molecule has 3 nitrogen and oxygen atoms in total. The Morgan fingerprint density at radius 3 is 2.62 bits per heavy atom. The molecular weight excluding hydrogens is 333 g/mol. The van der Waals surface area contributed by atoms with Crippen LogP contribution < -0.4 is 5.32 Å². The topological polar surface area (TPSA) is 29.9 Å². The van der Waals surface area contributed by atoms with E-state index in [0.29, 0.717) is 0 Å². The summed E-state index contributed by atoms with van der Waals surface area (Å²) >= 11 is 3.60. The second-order valence-corrected chi connectivity index (χ2v) is 5.90. The normalized spacial score (nSPS) is 12.6. The summed E-state index contributed by atoms with van der Waals surface area (Å²) in [5.41, 5.74) is 2.27. The highest BCUT2D eigenvalue weighted by Gasteiger charge is 2.19. The number of hydrogen-bond acceptors (Lipinski definition) is 2. The highest BCUT2D eigenvalue weighted by molar-refractivity contribution is 9.10. The third-order valence-electron chi connectivity index (χ3n) is 3.40. The Hall–Kier alpha value is -1.20. The number of nitrogens with zero attached hydrogens (tertiary/aromatic N) is 2. The first-order chi connectivity index (χ1) is 10.2. The van der Waals surface area contributed by atoms with E-state index in [0.717, 1.165) is 41.7 Å². The van der Waals surface area contributed by atoms with E-state index < -0.39 is 0 Å². The molecule has 114 valence electrons. The van der Waals surface area contributed by atoms with Crippen molar-refractivity contribution in [1.29, 1.82) is 0 Å². The van der Waals surface area contributed by atoms with Crippen LogP contribution >= 0.6 is 15.9 Å². The van der Waals surface area contributed by atoms with Gasteiger partial charge in [-0.2, -0.15) is 5.10 Å². The quantitative estimate of drug-likeness (QED) is 0.812. The molecule has 1 aromatic heterocycles. The summed E-state index contributed by atoms with van der Waals surface area (Å²) in [7, 11) is 0. The zero-order valence-corrected chi connectivity index (χ0v) is 14.0. The van der Waals surface area contributed by atoms with Crippen LogP contribution in [-0.4, -0.2) is 16.3 Å². The SMILES string of the molecule is CCCn1ncc(Br)c1C(Cc1ccc(F)cc1)NCC. The maximum atomic E-state index is 13.0. The van der Waals surface area contributed by atoms with Crippen LogP contribution in [0.1, 0.15) is 37.6 Å². The maximum Gasteiger partial charge on any atom is 0.123 e. The first kappa shape index (κ1) is 16.2. The van der Waals surface area contributed by atoms with Crippen LogP contribution in [0.3, 0.4) is 0 Å². The van der Waals surface area contributed by atoms with Gasteiger partial charge in [0.1, 0.15) is 5.82 Å². The van der Waals surface area contributed by atoms with Crippen molar-refractivity contribution in [2.75, 3.05) is 6.54 Å². The molecule has 0 radical (unpaired) electrons. The van der Waals surface area contributed by atoms with Gasteiger partial charge < -0.3 is 5.32 Å². The van der Waals surface area contributed by atoms with Crippen LogP contribution in [0.2, 0.25) is 0 Å². The predicted molar refractivity (Wildman–Crippen MR) is 86.7 cm³/mol. The molecule has 1 heterocycles. The Morgan fingerprint density at radius 2 is 2.00 bits per heavy atom. The molecule has 1 N–H and O–H groups in total. The molecule has 0 saturated heterocycles. The second-order valence-electron chi connectivity index (χ2n) is 5.04. The molecule has 21 heavy (non-hydrogen) atoms. The molecule has 5 heteroatoms. The van der Waals surface area contributed by atoms with Gasteiger partial charge in [-0.25, -0.2) is 4.39 Å². The Labute approximate surface area is 133 Å². The fourth-order valence-electron chi connectivity index (χ4n) is 2.48. The molecule has 0 aliphatic carbocycles. The van der Waals surface area contributed by atoms with Crippen molar-refractivity contribution in [2.24, 2.45) is 0 Å². The molecule has 2 rings (SSSR count). The number of halogens is 2. The molecule has 1 atom stereocenters. The van der Waals surface area contributed by atoms with E-state index in [9.17, 15) is 4.39 Å². The molecule has 0 spiro atoms. The number of likely N-dealkylation sites (N-methyl/N-ethyl adjacent to an activating group) is 1. The summed E-state index contributed by atoms with van der Waals surface area (Å²) in [6, 6.07) is 6.86. The smallest absolute Gasteiger partial charge is 0.123 e. The van der Waals surface area contributed by atoms with Gasteiger partial charge in [0.05, 0.1) is 22.4 Å². The van der Waals surface area contributed by atoms with Crippen LogP contribution in [-0.2, 0) is 13.0 Å². The van der Waals surface area contributed by atoms with Crippen LogP contribution in [0.5, 0.6) is 0 Å². The summed E-state index contributed by atoms with van der Waals surface area (Å²) in [5, 5.41) is 7.94. The number of benzene rings is 1. The molecule has 0 fully saturated rings. The largest absolute Gasteiger partial charge is 0.309 e. The lowest BCUT2D eigenvalue weighted by Gasteiger charge is -2.20. The molecule has 1 unspecified atom stereocenters. The maximum absolute atomic E-state index is 13.0. The molecule has 1 aromatic carbocycles. The first-order valence-corrected chi connectivity index (χ1v) is 8.14. The van der Waals surface area contributed by atoms with Gasteiger partial charge in [-0.3, -0.25) is 4.68 Å². The minimum atomic E-state index is -0.198.